The lowest BCUT2D eigenvalue weighted by molar-refractivity contribution is -0.00199. The fourth-order valence-electron chi connectivity index (χ4n) is 3.47. The first-order valence-corrected chi connectivity index (χ1v) is 10.8. The molecule has 0 N–H and O–H groups in total. The number of likely N-dealkylation sites (tertiary alicyclic amines) is 1. The van der Waals surface area contributed by atoms with Crippen LogP contribution < -0.4 is 0 Å². The molecule has 2 aliphatic rings. The van der Waals surface area contributed by atoms with Gasteiger partial charge in [-0.15, -0.1) is 0 Å². The van der Waals surface area contributed by atoms with Crippen LogP contribution in [-0.2, 0) is 4.43 Å². The maximum absolute atomic E-state index is 5.66. The molecular weight excluding hydrogens is 262 g/mol. The van der Waals surface area contributed by atoms with Gasteiger partial charge in [0, 0.05) is 17.7 Å². The fourth-order valence-corrected chi connectivity index (χ4v) is 5.98. The van der Waals surface area contributed by atoms with Crippen LogP contribution in [0.1, 0.15) is 73.1 Å². The van der Waals surface area contributed by atoms with Crippen LogP contribution >= 0.6 is 0 Å². The van der Waals surface area contributed by atoms with E-state index < -0.39 is 9.04 Å². The summed E-state index contributed by atoms with van der Waals surface area (Å²) in [7, 11) is 1.62. The second-order valence-corrected chi connectivity index (χ2v) is 10.5. The van der Waals surface area contributed by atoms with Crippen molar-refractivity contribution in [2.75, 3.05) is 13.7 Å². The monoisotopic (exact) mass is 299 g/mol. The largest absolute Gasteiger partial charge is 0.420 e. The Kier molecular flexibility index (Phi) is 7.23. The summed E-state index contributed by atoms with van der Waals surface area (Å²) < 4.78 is 5.66. The van der Waals surface area contributed by atoms with Crippen LogP contribution in [0, 0.1) is 0 Å². The Balaban J connectivity index is 0.000000204. The minimum absolute atomic E-state index is 0.405. The molecule has 2 heterocycles. The fraction of sp³-hybridized carbons (Fsp3) is 1.00. The molecule has 3 heteroatoms. The van der Waals surface area contributed by atoms with Gasteiger partial charge in [-0.2, -0.15) is 0 Å². The van der Waals surface area contributed by atoms with Crippen LogP contribution in [0.15, 0.2) is 0 Å². The predicted octanol–water partition coefficient (Wildman–Crippen LogP) is 4.59. The quantitative estimate of drug-likeness (QED) is 0.691. The molecule has 0 aromatic heterocycles. The van der Waals surface area contributed by atoms with Crippen molar-refractivity contribution >= 4 is 9.04 Å². The number of hydrogen-bond donors (Lipinski definition) is 0. The summed E-state index contributed by atoms with van der Waals surface area (Å²) in [5, 5.41) is 0. The number of piperidine rings is 1. The molecule has 2 fully saturated rings. The van der Waals surface area contributed by atoms with Gasteiger partial charge < -0.3 is 4.43 Å². The maximum atomic E-state index is 5.66. The van der Waals surface area contributed by atoms with E-state index in [1.807, 2.05) is 0 Å². The molecule has 1 atom stereocenters. The molecule has 0 bridgehead atoms. The molecule has 0 aliphatic carbocycles. The summed E-state index contributed by atoms with van der Waals surface area (Å²) in [4.78, 5) is 2.52. The molecule has 120 valence electrons. The Hall–Kier alpha value is 0.137. The molecule has 0 aromatic rings. The van der Waals surface area contributed by atoms with E-state index in [-0.39, 0.29) is 0 Å². The van der Waals surface area contributed by atoms with Crippen molar-refractivity contribution in [3.05, 3.63) is 0 Å². The van der Waals surface area contributed by atoms with Gasteiger partial charge in [-0.1, -0.05) is 19.8 Å². The van der Waals surface area contributed by atoms with Gasteiger partial charge in [0.2, 0.25) is 0 Å². The summed E-state index contributed by atoms with van der Waals surface area (Å²) in [5.41, 5.74) is 0.809. The number of hydrogen-bond acceptors (Lipinski definition) is 2. The van der Waals surface area contributed by atoms with Crippen LogP contribution in [0.2, 0.25) is 12.1 Å². The van der Waals surface area contributed by atoms with Crippen molar-refractivity contribution in [3.63, 3.8) is 0 Å². The highest BCUT2D eigenvalue weighted by molar-refractivity contribution is 6.51. The molecule has 0 saturated carbocycles. The molecule has 2 aliphatic heterocycles. The lowest BCUT2D eigenvalue weighted by Crippen LogP contribution is -2.56. The minimum atomic E-state index is -0.626. The Morgan fingerprint density at radius 1 is 1.00 bits per heavy atom. The van der Waals surface area contributed by atoms with Gasteiger partial charge in [0.1, 0.15) is 0 Å². The molecule has 0 radical (unpaired) electrons. The summed E-state index contributed by atoms with van der Waals surface area (Å²) in [6.45, 7) is 12.7. The smallest absolute Gasteiger partial charge is 0.176 e. The van der Waals surface area contributed by atoms with E-state index in [1.54, 1.807) is 0 Å². The highest BCUT2D eigenvalue weighted by Gasteiger charge is 2.38. The van der Waals surface area contributed by atoms with Gasteiger partial charge >= 0.3 is 0 Å². The third-order valence-electron chi connectivity index (χ3n) is 5.28. The van der Waals surface area contributed by atoms with Crippen LogP contribution in [0.4, 0.5) is 0 Å². The normalized spacial score (nSPS) is 29.4. The van der Waals surface area contributed by atoms with E-state index in [1.165, 1.54) is 50.6 Å². The first-order valence-electron chi connectivity index (χ1n) is 8.65. The topological polar surface area (TPSA) is 12.5 Å². The summed E-state index contributed by atoms with van der Waals surface area (Å²) >= 11 is 0. The van der Waals surface area contributed by atoms with Gasteiger partial charge in [-0.25, -0.2) is 0 Å². The first-order chi connectivity index (χ1) is 9.29. The Morgan fingerprint density at radius 3 is 2.00 bits per heavy atom. The van der Waals surface area contributed by atoms with Crippen LogP contribution in [-0.4, -0.2) is 38.7 Å². The van der Waals surface area contributed by atoms with Crippen LogP contribution in [0.25, 0.3) is 0 Å². The van der Waals surface area contributed by atoms with Gasteiger partial charge in [0.05, 0.1) is 0 Å². The second kappa shape index (κ2) is 7.95. The summed E-state index contributed by atoms with van der Waals surface area (Å²) in [5.74, 6) is 0. The van der Waals surface area contributed by atoms with Gasteiger partial charge in [0.15, 0.2) is 9.04 Å². The maximum Gasteiger partial charge on any atom is 0.176 e. The van der Waals surface area contributed by atoms with Crippen LogP contribution in [0.5, 0.6) is 0 Å². The predicted molar refractivity (Wildman–Crippen MR) is 92.0 cm³/mol. The van der Waals surface area contributed by atoms with Crippen molar-refractivity contribution in [3.8, 4) is 0 Å². The van der Waals surface area contributed by atoms with Gasteiger partial charge in [-0.3, -0.25) is 4.90 Å². The number of nitrogens with zero attached hydrogens (tertiary/aromatic N) is 1. The van der Waals surface area contributed by atoms with Crippen molar-refractivity contribution < 1.29 is 4.43 Å². The SMILES string of the molecule is CCC[SiH]1CCCCO1.CN1C(C)(C)CCCC1(C)C. The van der Waals surface area contributed by atoms with E-state index in [9.17, 15) is 0 Å². The van der Waals surface area contributed by atoms with Crippen LogP contribution in [0.3, 0.4) is 0 Å². The van der Waals surface area contributed by atoms with E-state index in [4.69, 9.17) is 4.43 Å². The summed E-state index contributed by atoms with van der Waals surface area (Å²) in [6, 6.07) is 2.84. The zero-order valence-electron chi connectivity index (χ0n) is 14.8. The third kappa shape index (κ3) is 5.49. The van der Waals surface area contributed by atoms with E-state index in [0.717, 1.165) is 6.61 Å². The molecule has 20 heavy (non-hydrogen) atoms. The molecular formula is C17H37NOSi. The first kappa shape index (κ1) is 18.2. The lowest BCUT2D eigenvalue weighted by atomic mass is 9.80. The lowest BCUT2D eigenvalue weighted by Gasteiger charge is -2.50. The molecule has 2 nitrogen and oxygen atoms in total. The third-order valence-corrected chi connectivity index (χ3v) is 8.26. The highest BCUT2D eigenvalue weighted by Crippen LogP contribution is 2.36. The van der Waals surface area contributed by atoms with E-state index in [0.29, 0.717) is 11.1 Å². The van der Waals surface area contributed by atoms with Gasteiger partial charge in [-0.05, 0) is 72.5 Å². The zero-order chi connectivity index (χ0) is 15.2. The minimum Gasteiger partial charge on any atom is -0.420 e. The van der Waals surface area contributed by atoms with Crippen molar-refractivity contribution in [2.45, 2.75) is 96.3 Å². The molecule has 2 rings (SSSR count). The Bertz CT molecular complexity index is 253. The molecule has 0 aromatic carbocycles. The molecule has 2 saturated heterocycles. The van der Waals surface area contributed by atoms with Crippen molar-refractivity contribution in [1.82, 2.24) is 4.90 Å². The standard InChI is InChI=1S/C10H21N.C7H16OSi/c1-9(2)7-6-8-10(3,4)11(9)5;1-2-6-9-7-4-3-5-8-9/h6-8H2,1-5H3;9H,2-7H2,1H3. The van der Waals surface area contributed by atoms with E-state index >= 15 is 0 Å². The average Bonchev–Trinajstić information content (AvgIpc) is 2.38. The highest BCUT2D eigenvalue weighted by atomic mass is 28.3. The van der Waals surface area contributed by atoms with Gasteiger partial charge in [0.25, 0.3) is 0 Å². The van der Waals surface area contributed by atoms with Crippen molar-refractivity contribution in [2.24, 2.45) is 0 Å². The van der Waals surface area contributed by atoms with E-state index in [2.05, 4.69) is 46.6 Å². The second-order valence-electron chi connectivity index (χ2n) is 7.81. The average molecular weight is 300 g/mol. The Morgan fingerprint density at radius 2 is 1.60 bits per heavy atom. The molecule has 1 unspecified atom stereocenters. The van der Waals surface area contributed by atoms with Crippen molar-refractivity contribution in [1.29, 1.82) is 0 Å². The Labute approximate surface area is 129 Å². The number of rotatable bonds is 2. The molecule has 0 spiro atoms. The summed E-state index contributed by atoms with van der Waals surface area (Å²) in [6.07, 6.45) is 8.14. The zero-order valence-corrected chi connectivity index (χ0v) is 16.0. The molecule has 0 amide bonds.